The van der Waals surface area contributed by atoms with Gasteiger partial charge in [-0.1, -0.05) is 48.5 Å². The molecule has 3 aromatic carbocycles. The summed E-state index contributed by atoms with van der Waals surface area (Å²) in [6, 6.07) is 18.8. The van der Waals surface area contributed by atoms with E-state index in [0.717, 1.165) is 5.39 Å². The summed E-state index contributed by atoms with van der Waals surface area (Å²) in [7, 11) is -7.61. The number of fused-ring (bicyclic) bond motifs is 2. The molecule has 0 spiro atoms. The van der Waals surface area contributed by atoms with Crippen LogP contribution in [-0.4, -0.2) is 34.9 Å². The molecule has 0 radical (unpaired) electrons. The van der Waals surface area contributed by atoms with Crippen molar-refractivity contribution in [3.8, 4) is 0 Å². The molecular weight excluding hydrogens is 458 g/mol. The zero-order valence-corrected chi connectivity index (χ0v) is 18.7. The number of aromatic nitrogens is 1. The Kier molecular flexibility index (Phi) is 6.93. The van der Waals surface area contributed by atoms with Crippen molar-refractivity contribution < 1.29 is 16.8 Å². The lowest BCUT2D eigenvalue weighted by Crippen LogP contribution is -2.34. The summed E-state index contributed by atoms with van der Waals surface area (Å²) in [5, 5.41) is 2.68. The molecule has 0 saturated carbocycles. The van der Waals surface area contributed by atoms with Crippen molar-refractivity contribution in [1.29, 1.82) is 0 Å². The topological polar surface area (TPSA) is 105 Å². The van der Waals surface area contributed by atoms with Crippen LogP contribution in [0.5, 0.6) is 0 Å². The van der Waals surface area contributed by atoms with Crippen molar-refractivity contribution in [1.82, 2.24) is 14.4 Å². The highest BCUT2D eigenvalue weighted by molar-refractivity contribution is 7.90. The van der Waals surface area contributed by atoms with Crippen LogP contribution < -0.4 is 9.44 Å². The van der Waals surface area contributed by atoms with Crippen LogP contribution in [-0.2, 0) is 20.0 Å². The first-order chi connectivity index (χ1) is 14.4. The fourth-order valence-electron chi connectivity index (χ4n) is 3.28. The van der Waals surface area contributed by atoms with E-state index in [4.69, 9.17) is 0 Å². The molecule has 1 heterocycles. The van der Waals surface area contributed by atoms with Crippen LogP contribution in [0.15, 0.2) is 88.9 Å². The number of benzene rings is 3. The third kappa shape index (κ3) is 4.86. The predicted molar refractivity (Wildman–Crippen MR) is 123 cm³/mol. The number of sulfonamides is 2. The predicted octanol–water partition coefficient (Wildman–Crippen LogP) is 3.07. The minimum absolute atomic E-state index is 0. The first kappa shape index (κ1) is 23.1. The molecular formula is C21H20ClN3O4S2. The van der Waals surface area contributed by atoms with Crippen LogP contribution in [0, 0.1) is 0 Å². The third-order valence-electron chi connectivity index (χ3n) is 4.68. The average Bonchev–Trinajstić information content (AvgIpc) is 2.76. The first-order valence-electron chi connectivity index (χ1n) is 9.18. The highest BCUT2D eigenvalue weighted by Crippen LogP contribution is 2.23. The van der Waals surface area contributed by atoms with Gasteiger partial charge in [-0.25, -0.2) is 26.3 Å². The van der Waals surface area contributed by atoms with Crippen molar-refractivity contribution in [3.05, 3.63) is 79.1 Å². The van der Waals surface area contributed by atoms with E-state index < -0.39 is 20.0 Å². The molecule has 7 nitrogen and oxygen atoms in total. The second kappa shape index (κ2) is 9.29. The van der Waals surface area contributed by atoms with Crippen LogP contribution in [0.25, 0.3) is 21.5 Å². The van der Waals surface area contributed by atoms with E-state index in [-0.39, 0.29) is 35.3 Å². The molecule has 0 unspecified atom stereocenters. The summed E-state index contributed by atoms with van der Waals surface area (Å²) >= 11 is 0. The average molecular weight is 478 g/mol. The van der Waals surface area contributed by atoms with Gasteiger partial charge in [0.1, 0.15) is 0 Å². The van der Waals surface area contributed by atoms with Gasteiger partial charge in [0.15, 0.2) is 0 Å². The number of rotatable bonds is 7. The zero-order chi connectivity index (χ0) is 21.2. The van der Waals surface area contributed by atoms with Crippen molar-refractivity contribution in [2.24, 2.45) is 0 Å². The van der Waals surface area contributed by atoms with E-state index in [1.807, 2.05) is 18.2 Å². The number of halogens is 1. The minimum atomic E-state index is -3.82. The lowest BCUT2D eigenvalue weighted by molar-refractivity contribution is 0.571. The minimum Gasteiger partial charge on any atom is -0.264 e. The number of hydrogen-bond acceptors (Lipinski definition) is 5. The SMILES string of the molecule is Cl.O=S(=O)(NCCNS(=O)(=O)c1cccc2cnccc12)c1cccc2ccccc12. The number of nitrogens with zero attached hydrogens (tertiary/aromatic N) is 1. The Morgan fingerprint density at radius 1 is 0.645 bits per heavy atom. The molecule has 4 aromatic rings. The van der Waals surface area contributed by atoms with Crippen LogP contribution in [0.2, 0.25) is 0 Å². The molecule has 10 heteroatoms. The molecule has 0 aliphatic carbocycles. The maximum absolute atomic E-state index is 12.7. The van der Waals surface area contributed by atoms with Crippen LogP contribution in [0.3, 0.4) is 0 Å². The quantitative estimate of drug-likeness (QED) is 0.398. The monoisotopic (exact) mass is 477 g/mol. The molecule has 1 aromatic heterocycles. The Bertz CT molecular complexity index is 1320. The molecule has 2 N–H and O–H groups in total. The van der Waals surface area contributed by atoms with Crippen molar-refractivity contribution in [2.45, 2.75) is 9.79 Å². The molecule has 31 heavy (non-hydrogen) atoms. The highest BCUT2D eigenvalue weighted by Gasteiger charge is 2.19. The van der Waals surface area contributed by atoms with Crippen molar-refractivity contribution >= 4 is 54.0 Å². The van der Waals surface area contributed by atoms with Gasteiger partial charge in [0, 0.05) is 41.6 Å². The van der Waals surface area contributed by atoms with Gasteiger partial charge in [-0.05, 0) is 23.6 Å². The third-order valence-corrected chi connectivity index (χ3v) is 7.72. The van der Waals surface area contributed by atoms with E-state index in [2.05, 4.69) is 14.4 Å². The van der Waals surface area contributed by atoms with E-state index in [9.17, 15) is 16.8 Å². The zero-order valence-electron chi connectivity index (χ0n) is 16.2. The lowest BCUT2D eigenvalue weighted by atomic mass is 10.1. The van der Waals surface area contributed by atoms with E-state index in [1.165, 1.54) is 18.3 Å². The van der Waals surface area contributed by atoms with Gasteiger partial charge in [0.05, 0.1) is 9.79 Å². The second-order valence-electron chi connectivity index (χ2n) is 6.63. The van der Waals surface area contributed by atoms with E-state index >= 15 is 0 Å². The van der Waals surface area contributed by atoms with Gasteiger partial charge in [0.2, 0.25) is 20.0 Å². The molecule has 0 fully saturated rings. The molecule has 0 aliphatic rings. The van der Waals surface area contributed by atoms with Crippen molar-refractivity contribution in [3.63, 3.8) is 0 Å². The normalized spacial score (nSPS) is 12.0. The number of hydrogen-bond donors (Lipinski definition) is 2. The van der Waals surface area contributed by atoms with E-state index in [0.29, 0.717) is 16.2 Å². The van der Waals surface area contributed by atoms with Gasteiger partial charge in [-0.2, -0.15) is 0 Å². The Balaban J connectivity index is 0.00000272. The number of nitrogens with one attached hydrogen (secondary N) is 2. The van der Waals surface area contributed by atoms with Crippen LogP contribution in [0.1, 0.15) is 0 Å². The van der Waals surface area contributed by atoms with Crippen molar-refractivity contribution in [2.75, 3.05) is 13.1 Å². The molecule has 0 atom stereocenters. The summed E-state index contributed by atoms with van der Waals surface area (Å²) in [6.45, 7) is -0.176. The standard InChI is InChI=1S/C21H19N3O4S2.ClH/c25-29(26,20-9-3-6-16-5-1-2-8-18(16)20)23-13-14-24-30(27,28)21-10-4-7-17-15-22-12-11-19(17)21;/h1-12,15,23-24H,13-14H2;1H. The van der Waals surface area contributed by atoms with Gasteiger partial charge in [0.25, 0.3) is 0 Å². The van der Waals surface area contributed by atoms with Gasteiger partial charge in [-0.15, -0.1) is 12.4 Å². The van der Waals surface area contributed by atoms with Gasteiger partial charge < -0.3 is 0 Å². The number of pyridine rings is 1. The highest BCUT2D eigenvalue weighted by atomic mass is 35.5. The molecule has 162 valence electrons. The Morgan fingerprint density at radius 3 is 1.81 bits per heavy atom. The Morgan fingerprint density at radius 2 is 1.16 bits per heavy atom. The molecule has 0 aliphatic heterocycles. The fraction of sp³-hybridized carbons (Fsp3) is 0.0952. The summed E-state index contributed by atoms with van der Waals surface area (Å²) in [5.74, 6) is 0. The fourth-order valence-corrected chi connectivity index (χ4v) is 5.80. The molecule has 0 bridgehead atoms. The second-order valence-corrected chi connectivity index (χ2v) is 10.1. The largest absolute Gasteiger partial charge is 0.264 e. The van der Waals surface area contributed by atoms with Gasteiger partial charge in [-0.3, -0.25) is 4.98 Å². The summed E-state index contributed by atoms with van der Waals surface area (Å²) < 4.78 is 55.8. The maximum atomic E-state index is 12.7. The Labute approximate surface area is 187 Å². The smallest absolute Gasteiger partial charge is 0.241 e. The maximum Gasteiger partial charge on any atom is 0.241 e. The summed E-state index contributed by atoms with van der Waals surface area (Å²) in [4.78, 5) is 4.28. The lowest BCUT2D eigenvalue weighted by Gasteiger charge is -2.11. The summed E-state index contributed by atoms with van der Waals surface area (Å²) in [6.07, 6.45) is 3.12. The van der Waals surface area contributed by atoms with E-state index in [1.54, 1.807) is 42.6 Å². The van der Waals surface area contributed by atoms with Crippen LogP contribution >= 0.6 is 12.4 Å². The Hall–Kier alpha value is -2.56. The van der Waals surface area contributed by atoms with Crippen LogP contribution in [0.4, 0.5) is 0 Å². The first-order valence-corrected chi connectivity index (χ1v) is 12.1. The molecule has 0 amide bonds. The molecule has 4 rings (SSSR count). The van der Waals surface area contributed by atoms with Gasteiger partial charge >= 0.3 is 0 Å². The molecule has 0 saturated heterocycles. The summed E-state index contributed by atoms with van der Waals surface area (Å²) in [5.41, 5.74) is 0.